The van der Waals surface area contributed by atoms with Crippen molar-refractivity contribution >= 4 is 22.5 Å². The third kappa shape index (κ3) is 1.95. The van der Waals surface area contributed by atoms with Crippen LogP contribution in [-0.2, 0) is 0 Å². The van der Waals surface area contributed by atoms with Crippen molar-refractivity contribution in [3.05, 3.63) is 0 Å². The molecule has 0 radical (unpaired) electrons. The lowest BCUT2D eigenvalue weighted by molar-refractivity contribution is 1.80. The van der Waals surface area contributed by atoms with Crippen molar-refractivity contribution in [1.82, 2.24) is 0 Å². The number of rotatable bonds is 0. The molecule has 24 valence electrons. The van der Waals surface area contributed by atoms with Crippen LogP contribution in [0.5, 0.6) is 0 Å². The summed E-state index contributed by atoms with van der Waals surface area (Å²) in [5.41, 5.74) is 4.69. The Hall–Kier alpha value is -0.0500. The van der Waals surface area contributed by atoms with Crippen LogP contribution in [0.15, 0.2) is 4.02 Å². The number of hydrogen-bond acceptors (Lipinski definition) is 1. The molecule has 0 aromatic rings. The Bertz CT molecular complexity index is 21.2. The third-order valence-electron chi connectivity index (χ3n) is 0.0563. The first kappa shape index (κ1) is 3.95. The van der Waals surface area contributed by atoms with E-state index < -0.39 is 0 Å². The van der Waals surface area contributed by atoms with Gasteiger partial charge in [0.05, 0.1) is 22.5 Å². The van der Waals surface area contributed by atoms with E-state index in [9.17, 15) is 0 Å². The normalized spacial score (nSPS) is 9.25. The van der Waals surface area contributed by atoms with E-state index in [0.717, 1.165) is 0 Å². The molecule has 0 rings (SSSR count). The molecule has 0 heterocycles. The molecule has 0 aromatic carbocycles. The molecule has 0 aromatic heterocycles. The second-order valence-electron chi connectivity index (χ2n) is 0.247. The highest BCUT2D eigenvalue weighted by Crippen LogP contribution is 1.69. The lowest BCUT2D eigenvalue weighted by Gasteiger charge is -1.52. The summed E-state index contributed by atoms with van der Waals surface area (Å²) < 4.78 is 3.20. The van der Waals surface area contributed by atoms with Gasteiger partial charge in [0.1, 0.15) is 0 Å². The van der Waals surface area contributed by atoms with Gasteiger partial charge < -0.3 is 5.73 Å². The Balaban J connectivity index is 2.55. The highest BCUT2D eigenvalue weighted by Gasteiger charge is 1.34. The van der Waals surface area contributed by atoms with Crippen molar-refractivity contribution < 1.29 is 0 Å². The van der Waals surface area contributed by atoms with E-state index in [2.05, 4.69) is 25.9 Å². The zero-order valence-electron chi connectivity index (χ0n) is 1.98. The van der Waals surface area contributed by atoms with Crippen molar-refractivity contribution in [3.8, 4) is 0 Å². The summed E-state index contributed by atoms with van der Waals surface area (Å²) in [4.78, 5) is 0. The van der Waals surface area contributed by atoms with Crippen molar-refractivity contribution in [2.24, 2.45) is 9.75 Å². The molecule has 3 heteroatoms. The zero-order chi connectivity index (χ0) is 3.41. The average molecular weight is 123 g/mol. The van der Waals surface area contributed by atoms with E-state index in [4.69, 9.17) is 0 Å². The molecule has 0 aliphatic rings. The van der Waals surface area contributed by atoms with Crippen LogP contribution in [0.2, 0.25) is 0 Å². The van der Waals surface area contributed by atoms with E-state index in [1.807, 2.05) is 0 Å². The fourth-order valence-corrected chi connectivity index (χ4v) is 0. The van der Waals surface area contributed by atoms with Crippen molar-refractivity contribution in [1.29, 1.82) is 0 Å². The maximum atomic E-state index is 4.69. The van der Waals surface area contributed by atoms with Gasteiger partial charge in [-0.3, -0.25) is 0 Å². The minimum Gasteiger partial charge on any atom is -0.389 e. The van der Waals surface area contributed by atoms with Gasteiger partial charge in [-0.1, -0.05) is 0 Å². The first-order chi connectivity index (χ1) is 1.91. The predicted octanol–water partition coefficient (Wildman–Crippen LogP) is 0.283. The molecule has 0 unspecified atom stereocenters. The number of halogens is 1. The van der Waals surface area contributed by atoms with Gasteiger partial charge in [-0.25, -0.2) is 0 Å². The van der Waals surface area contributed by atoms with Gasteiger partial charge in [0.25, 0.3) is 0 Å². The molecule has 0 atom stereocenters. The quantitative estimate of drug-likeness (QED) is 0.364. The molecule has 0 aliphatic carbocycles. The van der Waals surface area contributed by atoms with Crippen molar-refractivity contribution in [2.75, 3.05) is 0 Å². The molecule has 0 spiro atoms. The molecular weight excluding hydrogens is 120 g/mol. The Morgan fingerprint density at radius 2 is 2.25 bits per heavy atom. The van der Waals surface area contributed by atoms with Gasteiger partial charge in [0.15, 0.2) is 0 Å². The van der Waals surface area contributed by atoms with Crippen LogP contribution in [0.25, 0.3) is 0 Å². The van der Waals surface area contributed by atoms with Crippen molar-refractivity contribution in [2.45, 2.75) is 0 Å². The molecule has 4 heavy (non-hydrogen) atoms. The van der Waals surface area contributed by atoms with Crippen LogP contribution < -0.4 is 5.73 Å². The fourth-order valence-electron chi connectivity index (χ4n) is 0. The Kier molecular flexibility index (Phi) is 2.91. The van der Waals surface area contributed by atoms with Gasteiger partial charge in [0, 0.05) is 0 Å². The summed E-state index contributed by atoms with van der Waals surface area (Å²) in [5, 5.41) is 0. The van der Waals surface area contributed by atoms with E-state index in [-0.39, 0.29) is 0 Å². The molecular formula is CH3BrN2. The predicted molar refractivity (Wildman–Crippen MR) is 21.6 cm³/mol. The van der Waals surface area contributed by atoms with Crippen LogP contribution in [0.3, 0.4) is 0 Å². The van der Waals surface area contributed by atoms with Gasteiger partial charge in [0.2, 0.25) is 0 Å². The SMILES string of the molecule is N/C=N/Br. The summed E-state index contributed by atoms with van der Waals surface area (Å²) in [6.07, 6.45) is 1.17. The summed E-state index contributed by atoms with van der Waals surface area (Å²) in [5.74, 6) is 0. The molecule has 0 saturated heterocycles. The van der Waals surface area contributed by atoms with Crippen LogP contribution in [0, 0.1) is 0 Å². The molecule has 2 N–H and O–H groups in total. The lowest BCUT2D eigenvalue weighted by atomic mass is 11.4. The third-order valence-corrected chi connectivity index (χ3v) is 0.293. The van der Waals surface area contributed by atoms with E-state index in [1.54, 1.807) is 0 Å². The van der Waals surface area contributed by atoms with Gasteiger partial charge in [-0.15, -0.1) is 0 Å². The standard InChI is InChI=1S/CH3BrN2/c2-4-1-3/h1H,(H2,3,4). The zero-order valence-corrected chi connectivity index (χ0v) is 3.57. The lowest BCUT2D eigenvalue weighted by Crippen LogP contribution is -1.82. The summed E-state index contributed by atoms with van der Waals surface area (Å²) in [6, 6.07) is 0. The van der Waals surface area contributed by atoms with Crippen LogP contribution in [-0.4, -0.2) is 6.34 Å². The topological polar surface area (TPSA) is 38.4 Å². The van der Waals surface area contributed by atoms with Gasteiger partial charge >= 0.3 is 0 Å². The molecule has 0 amide bonds. The molecule has 0 aliphatic heterocycles. The summed E-state index contributed by atoms with van der Waals surface area (Å²) in [7, 11) is 0. The number of hydrogen-bond donors (Lipinski definition) is 1. The monoisotopic (exact) mass is 122 g/mol. The van der Waals surface area contributed by atoms with E-state index in [0.29, 0.717) is 0 Å². The van der Waals surface area contributed by atoms with E-state index >= 15 is 0 Å². The number of nitrogens with two attached hydrogens (primary N) is 1. The molecule has 0 saturated carbocycles. The Morgan fingerprint density at radius 3 is 2.25 bits per heavy atom. The fraction of sp³-hybridized carbons (Fsp3) is 0. The smallest absolute Gasteiger partial charge is 0.0938 e. The second-order valence-corrected chi connectivity index (χ2v) is 0.656. The Labute approximate surface area is 33.1 Å². The van der Waals surface area contributed by atoms with Gasteiger partial charge in [-0.05, 0) is 0 Å². The minimum atomic E-state index is 1.17. The van der Waals surface area contributed by atoms with Crippen LogP contribution in [0.4, 0.5) is 0 Å². The maximum Gasteiger partial charge on any atom is 0.0938 e. The first-order valence-corrected chi connectivity index (χ1v) is 1.47. The highest BCUT2D eigenvalue weighted by atomic mass is 79.9. The molecule has 0 fully saturated rings. The first-order valence-electron chi connectivity index (χ1n) is 0.761. The van der Waals surface area contributed by atoms with Crippen LogP contribution in [0.1, 0.15) is 0 Å². The van der Waals surface area contributed by atoms with Crippen LogP contribution >= 0.6 is 16.1 Å². The summed E-state index contributed by atoms with van der Waals surface area (Å²) >= 11 is 2.69. The second kappa shape index (κ2) is 2.95. The highest BCUT2D eigenvalue weighted by molar-refractivity contribution is 9.08. The minimum absolute atomic E-state index is 1.17. The van der Waals surface area contributed by atoms with Gasteiger partial charge in [-0.2, -0.15) is 4.02 Å². The number of nitrogens with zero attached hydrogens (tertiary/aromatic N) is 1. The Morgan fingerprint density at radius 1 is 2.00 bits per heavy atom. The largest absolute Gasteiger partial charge is 0.389 e. The van der Waals surface area contributed by atoms with E-state index in [1.165, 1.54) is 6.34 Å². The molecule has 0 bridgehead atoms. The maximum absolute atomic E-state index is 4.69. The average Bonchev–Trinajstić information content (AvgIpc) is 1.37. The molecule has 2 nitrogen and oxygen atoms in total. The summed E-state index contributed by atoms with van der Waals surface area (Å²) in [6.45, 7) is 0. The van der Waals surface area contributed by atoms with Crippen molar-refractivity contribution in [3.63, 3.8) is 0 Å².